The lowest BCUT2D eigenvalue weighted by Gasteiger charge is -2.09. The highest BCUT2D eigenvalue weighted by molar-refractivity contribution is 7.13. The van der Waals surface area contributed by atoms with E-state index in [4.69, 9.17) is 9.47 Å². The van der Waals surface area contributed by atoms with Gasteiger partial charge in [0.2, 0.25) is 0 Å². The molecule has 0 radical (unpaired) electrons. The Morgan fingerprint density at radius 3 is 2.77 bits per heavy atom. The van der Waals surface area contributed by atoms with E-state index in [-0.39, 0.29) is 23.9 Å². The summed E-state index contributed by atoms with van der Waals surface area (Å²) in [6, 6.07) is 4.24. The maximum Gasteiger partial charge on any atom is 0.416 e. The number of thiazole rings is 1. The number of amides is 1. The number of esters is 1. The van der Waals surface area contributed by atoms with Gasteiger partial charge in [-0.15, -0.1) is 11.3 Å². The molecule has 0 spiro atoms. The van der Waals surface area contributed by atoms with E-state index in [1.165, 1.54) is 12.1 Å². The minimum atomic E-state index is -4.49. The molecule has 0 unspecified atom stereocenters. The highest BCUT2D eigenvalue weighted by Crippen LogP contribution is 2.31. The fourth-order valence-corrected chi connectivity index (χ4v) is 2.60. The molecule has 6 nitrogen and oxygen atoms in total. The van der Waals surface area contributed by atoms with Crippen molar-refractivity contribution in [3.8, 4) is 5.75 Å². The monoisotopic (exact) mass is 388 g/mol. The van der Waals surface area contributed by atoms with Gasteiger partial charge in [-0.2, -0.15) is 13.2 Å². The molecular formula is C16H15F3N2O4S. The van der Waals surface area contributed by atoms with E-state index in [0.717, 1.165) is 23.5 Å². The van der Waals surface area contributed by atoms with Crippen LogP contribution >= 0.6 is 11.3 Å². The molecule has 1 heterocycles. The summed E-state index contributed by atoms with van der Waals surface area (Å²) in [5, 5.41) is 4.30. The van der Waals surface area contributed by atoms with E-state index in [1.54, 1.807) is 12.3 Å². The van der Waals surface area contributed by atoms with Crippen LogP contribution in [0.15, 0.2) is 29.6 Å². The van der Waals surface area contributed by atoms with Crippen molar-refractivity contribution in [2.45, 2.75) is 19.5 Å². The number of benzene rings is 1. The van der Waals surface area contributed by atoms with Crippen LogP contribution < -0.4 is 10.1 Å². The van der Waals surface area contributed by atoms with Crippen molar-refractivity contribution in [1.82, 2.24) is 4.98 Å². The number of nitrogens with zero attached hydrogens (tertiary/aromatic N) is 1. The van der Waals surface area contributed by atoms with Gasteiger partial charge in [-0.3, -0.25) is 14.9 Å². The fourth-order valence-electron chi connectivity index (χ4n) is 1.87. The summed E-state index contributed by atoms with van der Waals surface area (Å²) < 4.78 is 47.7. The van der Waals surface area contributed by atoms with Crippen molar-refractivity contribution in [3.63, 3.8) is 0 Å². The molecule has 0 aliphatic carbocycles. The molecule has 1 amide bonds. The van der Waals surface area contributed by atoms with Crippen molar-refractivity contribution < 1.29 is 32.2 Å². The van der Waals surface area contributed by atoms with Crippen LogP contribution in [0.1, 0.15) is 18.2 Å². The van der Waals surface area contributed by atoms with Gasteiger partial charge >= 0.3 is 12.1 Å². The number of ether oxygens (including phenoxy) is 2. The van der Waals surface area contributed by atoms with Gasteiger partial charge in [0, 0.05) is 5.38 Å². The molecule has 0 atom stereocenters. The maximum absolute atomic E-state index is 12.6. The lowest BCUT2D eigenvalue weighted by molar-refractivity contribution is -0.142. The zero-order valence-electron chi connectivity index (χ0n) is 13.6. The van der Waals surface area contributed by atoms with Gasteiger partial charge in [-0.05, 0) is 25.1 Å². The number of halogens is 3. The number of rotatable bonds is 7. The summed E-state index contributed by atoms with van der Waals surface area (Å²) in [6.07, 6.45) is -4.50. The van der Waals surface area contributed by atoms with Gasteiger partial charge in [0.1, 0.15) is 5.75 Å². The molecule has 0 aliphatic heterocycles. The van der Waals surface area contributed by atoms with Gasteiger partial charge in [-0.1, -0.05) is 6.07 Å². The average molecular weight is 388 g/mol. The first-order valence-corrected chi connectivity index (χ1v) is 8.36. The summed E-state index contributed by atoms with van der Waals surface area (Å²) in [5.74, 6) is -1.08. The van der Waals surface area contributed by atoms with Gasteiger partial charge in [0.25, 0.3) is 5.91 Å². The molecule has 10 heteroatoms. The highest BCUT2D eigenvalue weighted by atomic mass is 32.1. The van der Waals surface area contributed by atoms with Crippen LogP contribution in [-0.2, 0) is 26.9 Å². The normalized spacial score (nSPS) is 11.1. The predicted molar refractivity (Wildman–Crippen MR) is 88.0 cm³/mol. The van der Waals surface area contributed by atoms with Crippen molar-refractivity contribution in [3.05, 3.63) is 40.9 Å². The summed E-state index contributed by atoms with van der Waals surface area (Å²) in [6.45, 7) is 1.47. The molecule has 0 fully saturated rings. The molecule has 0 saturated heterocycles. The van der Waals surface area contributed by atoms with Gasteiger partial charge in [-0.25, -0.2) is 4.98 Å². The first kappa shape index (κ1) is 19.7. The zero-order chi connectivity index (χ0) is 19.2. The largest absolute Gasteiger partial charge is 0.484 e. The SMILES string of the molecule is CCOC(=O)Cc1csc(NC(=O)COc2cccc(C(F)(F)F)c2)n1. The van der Waals surface area contributed by atoms with E-state index >= 15 is 0 Å². The third-order valence-electron chi connectivity index (χ3n) is 2.96. The van der Waals surface area contributed by atoms with Crippen LogP contribution in [0.4, 0.5) is 18.3 Å². The Hall–Kier alpha value is -2.62. The summed E-state index contributed by atoms with van der Waals surface area (Å²) in [7, 11) is 0. The number of alkyl halides is 3. The number of hydrogen-bond acceptors (Lipinski definition) is 6. The van der Waals surface area contributed by atoms with E-state index < -0.39 is 30.2 Å². The topological polar surface area (TPSA) is 77.5 Å². The van der Waals surface area contributed by atoms with E-state index in [2.05, 4.69) is 10.3 Å². The molecule has 1 N–H and O–H groups in total. The van der Waals surface area contributed by atoms with Crippen LogP contribution in [0.5, 0.6) is 5.75 Å². The Bertz CT molecular complexity index is 777. The molecule has 0 saturated carbocycles. The number of aromatic nitrogens is 1. The van der Waals surface area contributed by atoms with Crippen LogP contribution in [0, 0.1) is 0 Å². The summed E-state index contributed by atoms with van der Waals surface area (Å²) in [4.78, 5) is 27.2. The quantitative estimate of drug-likeness (QED) is 0.737. The molecule has 26 heavy (non-hydrogen) atoms. The van der Waals surface area contributed by atoms with E-state index in [0.29, 0.717) is 5.69 Å². The standard InChI is InChI=1S/C16H15F3N2O4S/c1-2-24-14(23)7-11-9-26-15(20-11)21-13(22)8-25-12-5-3-4-10(6-12)16(17,18)19/h3-6,9H,2,7-8H2,1H3,(H,20,21,22). The molecule has 2 aromatic rings. The Labute approximate surface area is 150 Å². The zero-order valence-corrected chi connectivity index (χ0v) is 14.4. The van der Waals surface area contributed by atoms with Crippen LogP contribution in [0.2, 0.25) is 0 Å². The van der Waals surface area contributed by atoms with Gasteiger partial charge in [0.05, 0.1) is 24.3 Å². The summed E-state index contributed by atoms with van der Waals surface area (Å²) in [5.41, 5.74) is -0.415. The molecule has 140 valence electrons. The van der Waals surface area contributed by atoms with Crippen molar-refractivity contribution in [2.24, 2.45) is 0 Å². The number of carbonyl (C=O) groups excluding carboxylic acids is 2. The maximum atomic E-state index is 12.6. The molecule has 1 aromatic heterocycles. The van der Waals surface area contributed by atoms with E-state index in [9.17, 15) is 22.8 Å². The Kier molecular flexibility index (Phi) is 6.56. The first-order valence-electron chi connectivity index (χ1n) is 7.48. The number of carbonyl (C=O) groups is 2. The first-order chi connectivity index (χ1) is 12.3. The lowest BCUT2D eigenvalue weighted by Crippen LogP contribution is -2.20. The Balaban J connectivity index is 1.86. The molecular weight excluding hydrogens is 373 g/mol. The minimum absolute atomic E-state index is 0.0130. The van der Waals surface area contributed by atoms with E-state index in [1.807, 2.05) is 0 Å². The van der Waals surface area contributed by atoms with Crippen molar-refractivity contribution in [1.29, 1.82) is 0 Å². The van der Waals surface area contributed by atoms with Crippen molar-refractivity contribution >= 4 is 28.3 Å². The van der Waals surface area contributed by atoms with Gasteiger partial charge in [0.15, 0.2) is 11.7 Å². The minimum Gasteiger partial charge on any atom is -0.484 e. The van der Waals surface area contributed by atoms with Crippen LogP contribution in [-0.4, -0.2) is 30.1 Å². The lowest BCUT2D eigenvalue weighted by atomic mass is 10.2. The molecule has 0 bridgehead atoms. The van der Waals surface area contributed by atoms with Crippen molar-refractivity contribution in [2.75, 3.05) is 18.5 Å². The number of anilines is 1. The molecule has 1 aromatic carbocycles. The second-order valence-electron chi connectivity index (χ2n) is 4.99. The fraction of sp³-hybridized carbons (Fsp3) is 0.312. The van der Waals surface area contributed by atoms with Gasteiger partial charge < -0.3 is 9.47 Å². The van der Waals surface area contributed by atoms with Crippen LogP contribution in [0.3, 0.4) is 0 Å². The average Bonchev–Trinajstić information content (AvgIpc) is 2.99. The summed E-state index contributed by atoms with van der Waals surface area (Å²) >= 11 is 1.11. The second-order valence-corrected chi connectivity index (χ2v) is 5.85. The number of nitrogens with one attached hydrogen (secondary N) is 1. The Morgan fingerprint density at radius 1 is 1.31 bits per heavy atom. The Morgan fingerprint density at radius 2 is 2.08 bits per heavy atom. The third kappa shape index (κ3) is 6.03. The molecule has 2 rings (SSSR count). The predicted octanol–water partition coefficient (Wildman–Crippen LogP) is 3.29. The number of hydrogen-bond donors (Lipinski definition) is 1. The smallest absolute Gasteiger partial charge is 0.416 e. The molecule has 0 aliphatic rings. The third-order valence-corrected chi connectivity index (χ3v) is 3.77. The second kappa shape index (κ2) is 8.65. The van der Waals surface area contributed by atoms with Crippen LogP contribution in [0.25, 0.3) is 0 Å². The highest BCUT2D eigenvalue weighted by Gasteiger charge is 2.30.